The van der Waals surface area contributed by atoms with E-state index in [4.69, 9.17) is 5.73 Å². The molecule has 1 aliphatic rings. The summed E-state index contributed by atoms with van der Waals surface area (Å²) in [4.78, 5) is 9.32. The van der Waals surface area contributed by atoms with Gasteiger partial charge in [-0.05, 0) is 59.1 Å². The van der Waals surface area contributed by atoms with E-state index in [1.165, 1.54) is 25.9 Å². The Morgan fingerprint density at radius 3 is 2.58 bits per heavy atom. The second-order valence-electron chi connectivity index (χ2n) is 5.76. The van der Waals surface area contributed by atoms with Gasteiger partial charge in [-0.2, -0.15) is 0 Å². The van der Waals surface area contributed by atoms with E-state index in [1.54, 1.807) is 0 Å². The molecule has 2 rings (SSSR count). The number of nitrogens with two attached hydrogens (primary N) is 1. The number of hydrogen-bond acceptors (Lipinski definition) is 4. The Balaban J connectivity index is 2.11. The van der Waals surface area contributed by atoms with Crippen molar-refractivity contribution < 1.29 is 0 Å². The predicted octanol–water partition coefficient (Wildman–Crippen LogP) is 1.50. The first-order valence-electron chi connectivity index (χ1n) is 7.16. The lowest BCUT2D eigenvalue weighted by molar-refractivity contribution is 0.0951. The molecule has 2 N–H and O–H groups in total. The molecule has 4 nitrogen and oxygen atoms in total. The van der Waals surface area contributed by atoms with Crippen molar-refractivity contribution >= 4 is 0 Å². The van der Waals surface area contributed by atoms with Gasteiger partial charge in [-0.15, -0.1) is 0 Å². The van der Waals surface area contributed by atoms with Gasteiger partial charge in [0.25, 0.3) is 0 Å². The molecular formula is C15H26N4. The van der Waals surface area contributed by atoms with Crippen LogP contribution in [0.4, 0.5) is 0 Å². The second kappa shape index (κ2) is 6.46. The van der Waals surface area contributed by atoms with Gasteiger partial charge in [0.05, 0.1) is 11.7 Å². The fraction of sp³-hybridized carbons (Fsp3) is 0.667. The Kier molecular flexibility index (Phi) is 4.91. The van der Waals surface area contributed by atoms with E-state index in [-0.39, 0.29) is 12.1 Å². The molecule has 1 aromatic rings. The Hall–Kier alpha value is -0.970. The number of hydrogen-bond donors (Lipinski definition) is 1. The van der Waals surface area contributed by atoms with E-state index >= 15 is 0 Å². The monoisotopic (exact) mass is 262 g/mol. The van der Waals surface area contributed by atoms with Crippen molar-refractivity contribution in [2.45, 2.75) is 37.9 Å². The highest BCUT2D eigenvalue weighted by Crippen LogP contribution is 2.26. The molecule has 0 aliphatic carbocycles. The topological polar surface area (TPSA) is 45.4 Å². The fourth-order valence-corrected chi connectivity index (χ4v) is 3.03. The molecular weight excluding hydrogens is 236 g/mol. The van der Waals surface area contributed by atoms with Crippen LogP contribution in [0.25, 0.3) is 0 Å². The van der Waals surface area contributed by atoms with Crippen molar-refractivity contribution in [1.29, 1.82) is 0 Å². The van der Waals surface area contributed by atoms with E-state index in [9.17, 15) is 0 Å². The Morgan fingerprint density at radius 1 is 1.37 bits per heavy atom. The summed E-state index contributed by atoms with van der Waals surface area (Å²) < 4.78 is 0. The highest BCUT2D eigenvalue weighted by molar-refractivity contribution is 5.11. The van der Waals surface area contributed by atoms with E-state index < -0.39 is 0 Å². The summed E-state index contributed by atoms with van der Waals surface area (Å²) in [6.45, 7) is 4.41. The van der Waals surface area contributed by atoms with E-state index in [0.29, 0.717) is 6.04 Å². The smallest absolute Gasteiger partial charge is 0.0670 e. The van der Waals surface area contributed by atoms with Crippen molar-refractivity contribution in [3.63, 3.8) is 0 Å². The molecule has 1 aromatic heterocycles. The maximum Gasteiger partial charge on any atom is 0.0670 e. The molecule has 0 bridgehead atoms. The zero-order valence-electron chi connectivity index (χ0n) is 12.3. The van der Waals surface area contributed by atoms with E-state index in [0.717, 1.165) is 5.69 Å². The third-order valence-electron chi connectivity index (χ3n) is 4.19. The summed E-state index contributed by atoms with van der Waals surface area (Å²) in [5.41, 5.74) is 7.29. The molecule has 0 aromatic carbocycles. The lowest BCUT2D eigenvalue weighted by Crippen LogP contribution is -2.47. The molecule has 0 spiro atoms. The van der Waals surface area contributed by atoms with Gasteiger partial charge in [0.1, 0.15) is 0 Å². The third kappa shape index (κ3) is 3.53. The highest BCUT2D eigenvalue weighted by Gasteiger charge is 2.29. The van der Waals surface area contributed by atoms with Crippen molar-refractivity contribution in [2.24, 2.45) is 5.73 Å². The summed E-state index contributed by atoms with van der Waals surface area (Å²) in [6.07, 6.45) is 4.28. The molecule has 1 fully saturated rings. The Bertz CT molecular complexity index is 371. The molecule has 106 valence electrons. The minimum Gasteiger partial charge on any atom is -0.326 e. The molecule has 0 amide bonds. The van der Waals surface area contributed by atoms with Crippen LogP contribution in [-0.2, 0) is 0 Å². The van der Waals surface area contributed by atoms with E-state index in [2.05, 4.69) is 41.9 Å². The number of aromatic nitrogens is 1. The van der Waals surface area contributed by atoms with Crippen LogP contribution < -0.4 is 5.73 Å². The Morgan fingerprint density at radius 2 is 2.05 bits per heavy atom. The van der Waals surface area contributed by atoms with Gasteiger partial charge in [0.2, 0.25) is 0 Å². The minimum atomic E-state index is 0.0829. The molecule has 4 heteroatoms. The van der Waals surface area contributed by atoms with Gasteiger partial charge in [0.15, 0.2) is 0 Å². The maximum atomic E-state index is 6.21. The largest absolute Gasteiger partial charge is 0.326 e. The first kappa shape index (κ1) is 14.4. The standard InChI is InChI=1S/C15H26N4/c1-12(16)15(14-6-4-5-9-17-14)19(3)13-7-10-18(2)11-8-13/h4-6,9,12-13,15H,7-8,10-11,16H2,1-3H3. The number of nitrogens with zero attached hydrogens (tertiary/aromatic N) is 3. The van der Waals surface area contributed by atoms with Crippen LogP contribution in [0.5, 0.6) is 0 Å². The second-order valence-corrected chi connectivity index (χ2v) is 5.76. The van der Waals surface area contributed by atoms with Crippen LogP contribution in [0.2, 0.25) is 0 Å². The predicted molar refractivity (Wildman–Crippen MR) is 78.9 cm³/mol. The van der Waals surface area contributed by atoms with Gasteiger partial charge in [-0.3, -0.25) is 9.88 Å². The van der Waals surface area contributed by atoms with Crippen LogP contribution in [0, 0.1) is 0 Å². The maximum absolute atomic E-state index is 6.21. The van der Waals surface area contributed by atoms with Gasteiger partial charge in [-0.25, -0.2) is 0 Å². The van der Waals surface area contributed by atoms with Crippen molar-refractivity contribution in [1.82, 2.24) is 14.8 Å². The SMILES string of the molecule is CC(N)C(c1ccccn1)N(C)C1CCN(C)CC1. The molecule has 19 heavy (non-hydrogen) atoms. The molecule has 0 radical (unpaired) electrons. The number of rotatable bonds is 4. The first-order valence-corrected chi connectivity index (χ1v) is 7.16. The summed E-state index contributed by atoms with van der Waals surface area (Å²) in [7, 11) is 4.39. The first-order chi connectivity index (χ1) is 9.09. The van der Waals surface area contributed by atoms with Gasteiger partial charge < -0.3 is 10.6 Å². The van der Waals surface area contributed by atoms with E-state index in [1.807, 2.05) is 18.3 Å². The molecule has 1 aliphatic heterocycles. The average molecular weight is 262 g/mol. The minimum absolute atomic E-state index is 0.0829. The van der Waals surface area contributed by atoms with Crippen LogP contribution in [0.15, 0.2) is 24.4 Å². The third-order valence-corrected chi connectivity index (χ3v) is 4.19. The summed E-state index contributed by atoms with van der Waals surface area (Å²) in [6, 6.07) is 6.97. The van der Waals surface area contributed by atoms with Crippen LogP contribution >= 0.6 is 0 Å². The number of piperidine rings is 1. The lowest BCUT2D eigenvalue weighted by atomic mass is 9.98. The van der Waals surface area contributed by atoms with Crippen molar-refractivity contribution in [3.8, 4) is 0 Å². The van der Waals surface area contributed by atoms with Crippen LogP contribution in [0.3, 0.4) is 0 Å². The number of pyridine rings is 1. The zero-order chi connectivity index (χ0) is 13.8. The average Bonchev–Trinajstić information content (AvgIpc) is 2.40. The van der Waals surface area contributed by atoms with Gasteiger partial charge >= 0.3 is 0 Å². The molecule has 2 heterocycles. The van der Waals surface area contributed by atoms with Crippen molar-refractivity contribution in [2.75, 3.05) is 27.2 Å². The number of likely N-dealkylation sites (N-methyl/N-ethyl adjacent to an activating group) is 1. The van der Waals surface area contributed by atoms with Crippen molar-refractivity contribution in [3.05, 3.63) is 30.1 Å². The molecule has 0 saturated carbocycles. The zero-order valence-corrected chi connectivity index (χ0v) is 12.3. The van der Waals surface area contributed by atoms with Gasteiger partial charge in [0, 0.05) is 18.3 Å². The Labute approximate surface area is 116 Å². The number of likely N-dealkylation sites (tertiary alicyclic amines) is 1. The van der Waals surface area contributed by atoms with Crippen LogP contribution in [-0.4, -0.2) is 54.1 Å². The summed E-state index contributed by atoms with van der Waals surface area (Å²) in [5.74, 6) is 0. The van der Waals surface area contributed by atoms with Gasteiger partial charge in [-0.1, -0.05) is 6.07 Å². The van der Waals surface area contributed by atoms with Crippen LogP contribution in [0.1, 0.15) is 31.5 Å². The fourth-order valence-electron chi connectivity index (χ4n) is 3.03. The molecule has 2 unspecified atom stereocenters. The lowest BCUT2D eigenvalue weighted by Gasteiger charge is -2.40. The quantitative estimate of drug-likeness (QED) is 0.893. The summed E-state index contributed by atoms with van der Waals surface area (Å²) >= 11 is 0. The molecule has 2 atom stereocenters. The summed E-state index contributed by atoms with van der Waals surface area (Å²) in [5, 5.41) is 0. The highest BCUT2D eigenvalue weighted by atomic mass is 15.2. The normalized spacial score (nSPS) is 21.5. The molecule has 1 saturated heterocycles.